The normalized spacial score (nSPS) is 22.8. The Morgan fingerprint density at radius 2 is 1.82 bits per heavy atom. The van der Waals surface area contributed by atoms with Crippen LogP contribution in [0.4, 0.5) is 0 Å². The van der Waals surface area contributed by atoms with Crippen molar-refractivity contribution >= 4 is 17.6 Å². The van der Waals surface area contributed by atoms with Crippen LogP contribution in [-0.4, -0.2) is 23.2 Å². The molecule has 0 saturated heterocycles. The topological polar surface area (TPSA) is 84.5 Å². The zero-order chi connectivity index (χ0) is 13.3. The quantitative estimate of drug-likeness (QED) is 0.717. The van der Waals surface area contributed by atoms with E-state index in [2.05, 4.69) is 10.3 Å². The molecular weight excluding hydrogens is 218 g/mol. The van der Waals surface area contributed by atoms with Crippen molar-refractivity contribution in [2.75, 3.05) is 0 Å². The number of amidine groups is 1. The third-order valence-corrected chi connectivity index (χ3v) is 3.77. The maximum atomic E-state index is 12.1. The number of carbonyl (C=O) groups excluding carboxylic acids is 2. The molecule has 5 nitrogen and oxygen atoms in total. The monoisotopic (exact) mass is 239 g/mol. The van der Waals surface area contributed by atoms with E-state index in [1.165, 1.54) is 0 Å². The standard InChI is InChI=1S/C12H21N3O2/c1-5-11(4,13)8-14-9(16)12(6-2,7-3)10(17)15-8/h5-7,13H2,1-4H3,(H,14,15,16,17). The van der Waals surface area contributed by atoms with Gasteiger partial charge in [0.05, 0.1) is 5.54 Å². The smallest absolute Gasteiger partial charge is 0.263 e. The molecule has 3 N–H and O–H groups in total. The molecule has 1 rings (SSSR count). The maximum Gasteiger partial charge on any atom is 0.263 e. The zero-order valence-corrected chi connectivity index (χ0v) is 11.0. The predicted molar refractivity (Wildman–Crippen MR) is 66.5 cm³/mol. The summed E-state index contributed by atoms with van der Waals surface area (Å²) in [5, 5.41) is 2.70. The van der Waals surface area contributed by atoms with Gasteiger partial charge in [-0.05, 0) is 26.2 Å². The SMILES string of the molecule is CCC(C)(N)C1=NC(=O)C(CC)(CC)C(=O)N1. The second-order valence-corrected chi connectivity index (χ2v) is 4.78. The molecule has 0 bridgehead atoms. The summed E-state index contributed by atoms with van der Waals surface area (Å²) in [6, 6.07) is 0. The Morgan fingerprint density at radius 3 is 2.18 bits per heavy atom. The van der Waals surface area contributed by atoms with Crippen LogP contribution in [0.25, 0.3) is 0 Å². The van der Waals surface area contributed by atoms with Crippen LogP contribution < -0.4 is 11.1 Å². The lowest BCUT2D eigenvalue weighted by Crippen LogP contribution is -2.60. The van der Waals surface area contributed by atoms with Crippen LogP contribution in [0.5, 0.6) is 0 Å². The predicted octanol–water partition coefficient (Wildman–Crippen LogP) is 0.975. The fourth-order valence-corrected chi connectivity index (χ4v) is 1.87. The number of aliphatic imine (C=N–C) groups is 1. The fourth-order valence-electron chi connectivity index (χ4n) is 1.87. The Labute approximate surface area is 102 Å². The molecule has 0 aromatic carbocycles. The molecule has 1 atom stereocenters. The van der Waals surface area contributed by atoms with Crippen LogP contribution in [0.1, 0.15) is 47.0 Å². The van der Waals surface area contributed by atoms with Crippen molar-refractivity contribution in [2.24, 2.45) is 16.1 Å². The molecule has 0 saturated carbocycles. The summed E-state index contributed by atoms with van der Waals surface area (Å²) in [4.78, 5) is 28.1. The van der Waals surface area contributed by atoms with E-state index in [1.54, 1.807) is 6.92 Å². The highest BCUT2D eigenvalue weighted by atomic mass is 16.2. The van der Waals surface area contributed by atoms with E-state index in [1.807, 2.05) is 20.8 Å². The maximum absolute atomic E-state index is 12.1. The fraction of sp³-hybridized carbons (Fsp3) is 0.750. The second-order valence-electron chi connectivity index (χ2n) is 4.78. The first-order valence-electron chi connectivity index (χ1n) is 6.08. The largest absolute Gasteiger partial charge is 0.319 e. The lowest BCUT2D eigenvalue weighted by molar-refractivity contribution is -0.142. The van der Waals surface area contributed by atoms with Crippen LogP contribution >= 0.6 is 0 Å². The number of carbonyl (C=O) groups is 2. The summed E-state index contributed by atoms with van der Waals surface area (Å²) in [7, 11) is 0. The molecule has 0 aliphatic carbocycles. The first kappa shape index (κ1) is 13.8. The summed E-state index contributed by atoms with van der Waals surface area (Å²) >= 11 is 0. The van der Waals surface area contributed by atoms with Gasteiger partial charge in [0.25, 0.3) is 5.91 Å². The van der Waals surface area contributed by atoms with E-state index in [9.17, 15) is 9.59 Å². The lowest BCUT2D eigenvalue weighted by atomic mass is 9.79. The summed E-state index contributed by atoms with van der Waals surface area (Å²) in [5.74, 6) is -0.360. The number of nitrogens with zero attached hydrogens (tertiary/aromatic N) is 1. The molecule has 96 valence electrons. The average Bonchev–Trinajstić information content (AvgIpc) is 2.29. The van der Waals surface area contributed by atoms with Gasteiger partial charge in [0.1, 0.15) is 11.3 Å². The van der Waals surface area contributed by atoms with E-state index < -0.39 is 11.0 Å². The van der Waals surface area contributed by atoms with Gasteiger partial charge >= 0.3 is 0 Å². The highest BCUT2D eigenvalue weighted by Gasteiger charge is 2.47. The molecule has 17 heavy (non-hydrogen) atoms. The molecule has 0 aromatic rings. The number of nitrogens with two attached hydrogens (primary N) is 1. The van der Waals surface area contributed by atoms with Gasteiger partial charge in [-0.3, -0.25) is 9.59 Å². The molecule has 5 heteroatoms. The molecule has 0 spiro atoms. The van der Waals surface area contributed by atoms with Gasteiger partial charge in [-0.15, -0.1) is 0 Å². The minimum atomic E-state index is -1.01. The average molecular weight is 239 g/mol. The van der Waals surface area contributed by atoms with Gasteiger partial charge in [-0.2, -0.15) is 4.99 Å². The van der Waals surface area contributed by atoms with Crippen LogP contribution in [0, 0.1) is 5.41 Å². The van der Waals surface area contributed by atoms with Crippen molar-refractivity contribution in [3.05, 3.63) is 0 Å². The number of nitrogens with one attached hydrogen (secondary N) is 1. The van der Waals surface area contributed by atoms with Crippen molar-refractivity contribution in [3.8, 4) is 0 Å². The van der Waals surface area contributed by atoms with Crippen molar-refractivity contribution < 1.29 is 9.59 Å². The summed E-state index contributed by atoms with van der Waals surface area (Å²) in [6.45, 7) is 7.29. The van der Waals surface area contributed by atoms with Crippen LogP contribution in [0.3, 0.4) is 0 Å². The Balaban J connectivity index is 3.16. The van der Waals surface area contributed by atoms with Gasteiger partial charge in [-0.1, -0.05) is 20.8 Å². The summed E-state index contributed by atoms with van der Waals surface area (Å²) < 4.78 is 0. The Bertz CT molecular complexity index is 368. The van der Waals surface area contributed by atoms with E-state index in [-0.39, 0.29) is 17.6 Å². The third-order valence-electron chi connectivity index (χ3n) is 3.77. The number of hydrogen-bond acceptors (Lipinski definition) is 3. The molecule has 0 radical (unpaired) electrons. The van der Waals surface area contributed by atoms with Crippen molar-refractivity contribution in [3.63, 3.8) is 0 Å². The number of rotatable bonds is 4. The van der Waals surface area contributed by atoms with Crippen LogP contribution in [0.2, 0.25) is 0 Å². The van der Waals surface area contributed by atoms with E-state index >= 15 is 0 Å². The summed E-state index contributed by atoms with van der Waals surface area (Å²) in [5.41, 5.74) is 4.22. The van der Waals surface area contributed by atoms with Crippen molar-refractivity contribution in [2.45, 2.75) is 52.5 Å². The Hall–Kier alpha value is -1.23. The number of hydrogen-bond donors (Lipinski definition) is 2. The number of amides is 2. The van der Waals surface area contributed by atoms with Gasteiger partial charge in [0.15, 0.2) is 0 Å². The van der Waals surface area contributed by atoms with Crippen LogP contribution in [-0.2, 0) is 9.59 Å². The van der Waals surface area contributed by atoms with Gasteiger partial charge in [0, 0.05) is 0 Å². The lowest BCUT2D eigenvalue weighted by Gasteiger charge is -2.35. The minimum Gasteiger partial charge on any atom is -0.319 e. The van der Waals surface area contributed by atoms with Crippen molar-refractivity contribution in [1.29, 1.82) is 0 Å². The molecule has 0 aromatic heterocycles. The molecule has 1 aliphatic heterocycles. The Morgan fingerprint density at radius 1 is 1.29 bits per heavy atom. The van der Waals surface area contributed by atoms with Gasteiger partial charge < -0.3 is 11.1 Å². The molecular formula is C12H21N3O2. The summed E-state index contributed by atoms with van der Waals surface area (Å²) in [6.07, 6.45) is 1.52. The molecule has 1 aliphatic rings. The molecule has 0 fully saturated rings. The molecule has 2 amide bonds. The molecule has 1 unspecified atom stereocenters. The second kappa shape index (κ2) is 4.56. The van der Waals surface area contributed by atoms with E-state index in [0.717, 1.165) is 0 Å². The third kappa shape index (κ3) is 2.11. The van der Waals surface area contributed by atoms with Crippen molar-refractivity contribution in [1.82, 2.24) is 5.32 Å². The highest BCUT2D eigenvalue weighted by Crippen LogP contribution is 2.31. The molecule has 1 heterocycles. The van der Waals surface area contributed by atoms with E-state index in [0.29, 0.717) is 19.3 Å². The van der Waals surface area contributed by atoms with Gasteiger partial charge in [0.2, 0.25) is 5.91 Å². The minimum absolute atomic E-state index is 0.275. The van der Waals surface area contributed by atoms with E-state index in [4.69, 9.17) is 5.73 Å². The first-order valence-corrected chi connectivity index (χ1v) is 6.08. The first-order chi connectivity index (χ1) is 7.84. The Kier molecular flexibility index (Phi) is 3.71. The van der Waals surface area contributed by atoms with Gasteiger partial charge in [-0.25, -0.2) is 0 Å². The highest BCUT2D eigenvalue weighted by molar-refractivity contribution is 6.20. The zero-order valence-electron chi connectivity index (χ0n) is 11.0. The van der Waals surface area contributed by atoms with Crippen LogP contribution in [0.15, 0.2) is 4.99 Å².